The van der Waals surface area contributed by atoms with E-state index >= 15 is 0 Å². The zero-order chi connectivity index (χ0) is 19.2. The number of ether oxygens (including phenoxy) is 2. The second-order valence-electron chi connectivity index (χ2n) is 6.47. The number of thiophene rings is 1. The maximum Gasteiger partial charge on any atom is 0.490 e. The van der Waals surface area contributed by atoms with Crippen LogP contribution in [-0.4, -0.2) is 60.2 Å². The van der Waals surface area contributed by atoms with E-state index in [4.69, 9.17) is 19.4 Å². The lowest BCUT2D eigenvalue weighted by molar-refractivity contribution is -0.192. The molecule has 0 unspecified atom stereocenters. The van der Waals surface area contributed by atoms with Crippen molar-refractivity contribution in [1.29, 1.82) is 0 Å². The molecule has 2 saturated heterocycles. The summed E-state index contributed by atoms with van der Waals surface area (Å²) in [6.07, 6.45) is -1.27. The van der Waals surface area contributed by atoms with Gasteiger partial charge in [-0.3, -0.25) is 4.90 Å². The summed E-state index contributed by atoms with van der Waals surface area (Å²) in [5, 5.41) is 9.28. The third kappa shape index (κ3) is 6.22. The first-order valence-electron chi connectivity index (χ1n) is 8.54. The van der Waals surface area contributed by atoms with Crippen molar-refractivity contribution in [2.45, 2.75) is 50.6 Å². The number of carboxylic acid groups (broad SMARTS) is 1. The van der Waals surface area contributed by atoms with Crippen LogP contribution >= 0.6 is 11.3 Å². The quantitative estimate of drug-likeness (QED) is 0.845. The number of likely N-dealkylation sites (tertiary alicyclic amines) is 1. The maximum absolute atomic E-state index is 10.6. The molecule has 5 nitrogen and oxygen atoms in total. The number of carbonyl (C=O) groups is 1. The van der Waals surface area contributed by atoms with Crippen LogP contribution in [0, 0.1) is 0 Å². The Balaban J connectivity index is 0.000000298. The van der Waals surface area contributed by atoms with Gasteiger partial charge in [-0.2, -0.15) is 13.2 Å². The molecule has 0 radical (unpaired) electrons. The number of nitrogens with zero attached hydrogens (tertiary/aromatic N) is 1. The molecule has 3 rings (SSSR count). The number of hydrogen-bond acceptors (Lipinski definition) is 5. The summed E-state index contributed by atoms with van der Waals surface area (Å²) >= 11 is 1.85. The molecule has 1 aromatic heterocycles. The molecule has 0 amide bonds. The summed E-state index contributed by atoms with van der Waals surface area (Å²) in [7, 11) is 0. The standard InChI is InChI=1S/C15H23NO2S.C2HF3O2/c1-2-17-13-9-15(18-11-13)6-4-7-16(12-15)10-14-5-3-8-19-14;3-2(4,5)1(6)7/h3,5,8,13H,2,4,6-7,9-12H2,1H3;(H,6,7)/t13-,15-;/m0./s1. The molecule has 0 saturated carbocycles. The summed E-state index contributed by atoms with van der Waals surface area (Å²) < 4.78 is 43.6. The molecule has 148 valence electrons. The third-order valence-corrected chi connectivity index (χ3v) is 5.26. The number of rotatable bonds is 4. The molecule has 2 fully saturated rings. The van der Waals surface area contributed by atoms with Crippen molar-refractivity contribution in [3.8, 4) is 0 Å². The average molecular weight is 395 g/mol. The van der Waals surface area contributed by atoms with E-state index in [2.05, 4.69) is 29.3 Å². The van der Waals surface area contributed by atoms with E-state index in [0.717, 1.165) is 32.7 Å². The molecule has 1 aromatic rings. The van der Waals surface area contributed by atoms with Crippen LogP contribution in [0.3, 0.4) is 0 Å². The van der Waals surface area contributed by atoms with Gasteiger partial charge >= 0.3 is 12.1 Å². The van der Waals surface area contributed by atoms with Gasteiger partial charge < -0.3 is 14.6 Å². The molecule has 0 aliphatic carbocycles. The summed E-state index contributed by atoms with van der Waals surface area (Å²) in [5.74, 6) is -2.76. The Hall–Kier alpha value is -1.16. The summed E-state index contributed by atoms with van der Waals surface area (Å²) in [5.41, 5.74) is 0.0648. The lowest BCUT2D eigenvalue weighted by atomic mass is 9.89. The number of carboxylic acids is 1. The van der Waals surface area contributed by atoms with Crippen molar-refractivity contribution in [2.24, 2.45) is 0 Å². The molecule has 26 heavy (non-hydrogen) atoms. The molecule has 3 heterocycles. The van der Waals surface area contributed by atoms with E-state index in [1.165, 1.54) is 24.3 Å². The highest BCUT2D eigenvalue weighted by atomic mass is 32.1. The minimum Gasteiger partial charge on any atom is -0.475 e. The van der Waals surface area contributed by atoms with E-state index in [9.17, 15) is 13.2 Å². The average Bonchev–Trinajstić information content (AvgIpc) is 3.18. The van der Waals surface area contributed by atoms with E-state index < -0.39 is 12.1 Å². The minimum atomic E-state index is -5.08. The van der Waals surface area contributed by atoms with Crippen molar-refractivity contribution >= 4 is 17.3 Å². The lowest BCUT2D eigenvalue weighted by Crippen LogP contribution is -2.47. The number of piperidine rings is 1. The fourth-order valence-electron chi connectivity index (χ4n) is 3.38. The Kier molecular flexibility index (Phi) is 7.45. The van der Waals surface area contributed by atoms with Crippen molar-refractivity contribution in [3.63, 3.8) is 0 Å². The zero-order valence-electron chi connectivity index (χ0n) is 14.6. The van der Waals surface area contributed by atoms with Crippen LogP contribution in [-0.2, 0) is 20.8 Å². The van der Waals surface area contributed by atoms with Crippen molar-refractivity contribution in [1.82, 2.24) is 4.90 Å². The van der Waals surface area contributed by atoms with Gasteiger partial charge in [0.05, 0.1) is 18.3 Å². The summed E-state index contributed by atoms with van der Waals surface area (Å²) in [6.45, 7) is 6.97. The molecule has 9 heteroatoms. The molecular weight excluding hydrogens is 371 g/mol. The minimum absolute atomic E-state index is 0.0648. The van der Waals surface area contributed by atoms with E-state index in [0.29, 0.717) is 6.10 Å². The second kappa shape index (κ2) is 9.16. The first-order valence-corrected chi connectivity index (χ1v) is 9.42. The van der Waals surface area contributed by atoms with Crippen LogP contribution < -0.4 is 0 Å². The van der Waals surface area contributed by atoms with Gasteiger partial charge in [-0.05, 0) is 37.8 Å². The van der Waals surface area contributed by atoms with Crippen LogP contribution in [0.15, 0.2) is 17.5 Å². The predicted molar refractivity (Wildman–Crippen MR) is 91.2 cm³/mol. The topological polar surface area (TPSA) is 59.0 Å². The van der Waals surface area contributed by atoms with Gasteiger partial charge in [0.15, 0.2) is 0 Å². The normalized spacial score (nSPS) is 26.5. The van der Waals surface area contributed by atoms with Crippen molar-refractivity contribution < 1.29 is 32.5 Å². The number of alkyl halides is 3. The second-order valence-corrected chi connectivity index (χ2v) is 7.50. The predicted octanol–water partition coefficient (Wildman–Crippen LogP) is 3.54. The van der Waals surface area contributed by atoms with Gasteiger partial charge in [0.1, 0.15) is 0 Å². The van der Waals surface area contributed by atoms with Gasteiger partial charge in [-0.1, -0.05) is 6.07 Å². The Bertz CT molecular complexity index is 567. The van der Waals surface area contributed by atoms with Crippen molar-refractivity contribution in [2.75, 3.05) is 26.3 Å². The monoisotopic (exact) mass is 395 g/mol. The first-order chi connectivity index (χ1) is 12.2. The molecule has 2 aliphatic heterocycles. The SMILES string of the molecule is CCO[C@@H]1CO[C@@]2(CCCN(Cc3cccs3)C2)C1.O=C(O)C(F)(F)F. The Labute approximate surface area is 154 Å². The van der Waals surface area contributed by atoms with Crippen LogP contribution in [0.1, 0.15) is 31.1 Å². The Morgan fingerprint density at radius 2 is 2.27 bits per heavy atom. The summed E-state index contributed by atoms with van der Waals surface area (Å²) in [6, 6.07) is 4.36. The molecule has 0 aromatic carbocycles. The third-order valence-electron chi connectivity index (χ3n) is 4.40. The van der Waals surface area contributed by atoms with Crippen molar-refractivity contribution in [3.05, 3.63) is 22.4 Å². The van der Waals surface area contributed by atoms with Gasteiger partial charge in [0.2, 0.25) is 0 Å². The molecular formula is C17H24F3NO4S. The molecule has 2 atom stereocenters. The Morgan fingerprint density at radius 3 is 2.85 bits per heavy atom. The van der Waals surface area contributed by atoms with Gasteiger partial charge in [-0.25, -0.2) is 4.79 Å². The van der Waals surface area contributed by atoms with E-state index in [1.807, 2.05) is 11.3 Å². The fourth-order valence-corrected chi connectivity index (χ4v) is 4.12. The van der Waals surface area contributed by atoms with Crippen LogP contribution in [0.4, 0.5) is 13.2 Å². The van der Waals surface area contributed by atoms with Gasteiger partial charge in [0.25, 0.3) is 0 Å². The maximum atomic E-state index is 10.6. The highest BCUT2D eigenvalue weighted by Gasteiger charge is 2.43. The zero-order valence-corrected chi connectivity index (χ0v) is 15.4. The lowest BCUT2D eigenvalue weighted by Gasteiger charge is -2.39. The fraction of sp³-hybridized carbons (Fsp3) is 0.706. The highest BCUT2D eigenvalue weighted by molar-refractivity contribution is 7.09. The molecule has 2 aliphatic rings. The van der Waals surface area contributed by atoms with Crippen LogP contribution in [0.5, 0.6) is 0 Å². The van der Waals surface area contributed by atoms with E-state index in [1.54, 1.807) is 0 Å². The molecule has 1 spiro atoms. The smallest absolute Gasteiger partial charge is 0.475 e. The largest absolute Gasteiger partial charge is 0.490 e. The summed E-state index contributed by atoms with van der Waals surface area (Å²) in [4.78, 5) is 12.9. The van der Waals surface area contributed by atoms with Gasteiger partial charge in [-0.15, -0.1) is 11.3 Å². The first kappa shape index (κ1) is 21.1. The van der Waals surface area contributed by atoms with Crippen LogP contribution in [0.2, 0.25) is 0 Å². The molecule has 0 bridgehead atoms. The highest BCUT2D eigenvalue weighted by Crippen LogP contribution is 2.36. The number of hydrogen-bond donors (Lipinski definition) is 1. The van der Waals surface area contributed by atoms with Crippen LogP contribution in [0.25, 0.3) is 0 Å². The number of halogens is 3. The Morgan fingerprint density at radius 1 is 1.54 bits per heavy atom. The number of aliphatic carboxylic acids is 1. The molecule has 1 N–H and O–H groups in total. The van der Waals surface area contributed by atoms with Gasteiger partial charge in [0, 0.05) is 31.0 Å². The van der Waals surface area contributed by atoms with E-state index in [-0.39, 0.29) is 5.60 Å².